The molecular formula is C9H10FN. The van der Waals surface area contributed by atoms with Crippen LogP contribution in [0.5, 0.6) is 0 Å². The number of hydrogen-bond acceptors (Lipinski definition) is 1. The van der Waals surface area contributed by atoms with Gasteiger partial charge in [0.15, 0.2) is 0 Å². The van der Waals surface area contributed by atoms with Crippen molar-refractivity contribution in [2.24, 2.45) is 0 Å². The highest BCUT2D eigenvalue weighted by molar-refractivity contribution is 5.24. The molecule has 0 aliphatic rings. The lowest BCUT2D eigenvalue weighted by Crippen LogP contribution is -1.77. The van der Waals surface area contributed by atoms with Crippen molar-refractivity contribution in [3.8, 4) is 6.07 Å². The van der Waals surface area contributed by atoms with Crippen LogP contribution in [0.2, 0.25) is 0 Å². The van der Waals surface area contributed by atoms with Crippen LogP contribution in [0.3, 0.4) is 0 Å². The molecule has 0 unspecified atom stereocenters. The molecule has 0 atom stereocenters. The molecule has 0 spiro atoms. The summed E-state index contributed by atoms with van der Waals surface area (Å²) in [6.45, 7) is 2.93. The Morgan fingerprint density at radius 2 is 2.36 bits per heavy atom. The molecule has 0 aliphatic carbocycles. The Kier molecular flexibility index (Phi) is 5.92. The van der Waals surface area contributed by atoms with Crippen LogP contribution in [0, 0.1) is 11.3 Å². The smallest absolute Gasteiger partial charge is 0.108 e. The Balaban J connectivity index is 4.12. The summed E-state index contributed by atoms with van der Waals surface area (Å²) < 4.78 is 11.7. The van der Waals surface area contributed by atoms with Gasteiger partial charge in [-0.2, -0.15) is 5.26 Å². The third kappa shape index (κ3) is 5.10. The van der Waals surface area contributed by atoms with E-state index < -0.39 is 6.67 Å². The van der Waals surface area contributed by atoms with Gasteiger partial charge in [0.05, 0.1) is 12.5 Å². The molecule has 0 heterocycles. The van der Waals surface area contributed by atoms with Crippen LogP contribution in [0.1, 0.15) is 6.42 Å². The standard InChI is InChI=1S/C9H10FN/c1-2-3-4-9(5-7-10)6-8-11/h2-5H,1,6-7H2/b4-3-,9-5+. The molecule has 0 saturated heterocycles. The predicted molar refractivity (Wildman–Crippen MR) is 43.6 cm³/mol. The first-order valence-electron chi connectivity index (χ1n) is 3.26. The van der Waals surface area contributed by atoms with E-state index in [0.29, 0.717) is 5.57 Å². The van der Waals surface area contributed by atoms with E-state index in [0.717, 1.165) is 0 Å². The van der Waals surface area contributed by atoms with Crippen LogP contribution in [-0.2, 0) is 0 Å². The summed E-state index contributed by atoms with van der Waals surface area (Å²) in [5, 5.41) is 8.29. The summed E-state index contributed by atoms with van der Waals surface area (Å²) in [4.78, 5) is 0. The van der Waals surface area contributed by atoms with E-state index in [2.05, 4.69) is 6.58 Å². The van der Waals surface area contributed by atoms with E-state index in [4.69, 9.17) is 5.26 Å². The van der Waals surface area contributed by atoms with Crippen molar-refractivity contribution in [3.05, 3.63) is 36.5 Å². The van der Waals surface area contributed by atoms with Crippen molar-refractivity contribution >= 4 is 0 Å². The molecule has 0 fully saturated rings. The van der Waals surface area contributed by atoms with E-state index in [9.17, 15) is 4.39 Å². The summed E-state index contributed by atoms with van der Waals surface area (Å²) >= 11 is 0. The fraction of sp³-hybridized carbons (Fsp3) is 0.222. The number of halogens is 1. The second-order valence-electron chi connectivity index (χ2n) is 1.86. The van der Waals surface area contributed by atoms with E-state index in [1.807, 2.05) is 6.07 Å². The fourth-order valence-electron chi connectivity index (χ4n) is 0.581. The van der Waals surface area contributed by atoms with Gasteiger partial charge < -0.3 is 0 Å². The van der Waals surface area contributed by atoms with Crippen LogP contribution in [0.15, 0.2) is 36.5 Å². The Morgan fingerprint density at radius 3 is 2.82 bits per heavy atom. The number of allylic oxidation sites excluding steroid dienone is 5. The van der Waals surface area contributed by atoms with Gasteiger partial charge in [-0.1, -0.05) is 24.8 Å². The van der Waals surface area contributed by atoms with Crippen molar-refractivity contribution in [2.45, 2.75) is 6.42 Å². The second kappa shape index (κ2) is 6.76. The van der Waals surface area contributed by atoms with E-state index in [1.165, 1.54) is 6.08 Å². The SMILES string of the molecule is C=C/C=C\C(=C/CF)CC#N. The first-order chi connectivity index (χ1) is 5.35. The van der Waals surface area contributed by atoms with Gasteiger partial charge in [-0.05, 0) is 11.6 Å². The monoisotopic (exact) mass is 151 g/mol. The lowest BCUT2D eigenvalue weighted by molar-refractivity contribution is 0.560. The minimum atomic E-state index is -0.529. The molecular weight excluding hydrogens is 141 g/mol. The minimum absolute atomic E-state index is 0.244. The topological polar surface area (TPSA) is 23.8 Å². The zero-order valence-corrected chi connectivity index (χ0v) is 6.26. The number of nitrogens with zero attached hydrogens (tertiary/aromatic N) is 1. The Bertz CT molecular complexity index is 208. The van der Waals surface area contributed by atoms with Crippen LogP contribution in [0.25, 0.3) is 0 Å². The second-order valence-corrected chi connectivity index (χ2v) is 1.86. The molecule has 0 aromatic rings. The highest BCUT2D eigenvalue weighted by Crippen LogP contribution is 2.02. The molecule has 0 saturated carbocycles. The lowest BCUT2D eigenvalue weighted by Gasteiger charge is -1.90. The maximum atomic E-state index is 11.7. The molecule has 0 bridgehead atoms. The van der Waals surface area contributed by atoms with Gasteiger partial charge in [0.2, 0.25) is 0 Å². The Morgan fingerprint density at radius 1 is 1.64 bits per heavy atom. The number of rotatable bonds is 4. The van der Waals surface area contributed by atoms with E-state index in [-0.39, 0.29) is 6.42 Å². The van der Waals surface area contributed by atoms with Gasteiger partial charge in [0, 0.05) is 0 Å². The van der Waals surface area contributed by atoms with Crippen LogP contribution < -0.4 is 0 Å². The highest BCUT2D eigenvalue weighted by Gasteiger charge is 1.88. The summed E-state index contributed by atoms with van der Waals surface area (Å²) in [6.07, 6.45) is 6.57. The Hall–Kier alpha value is -1.36. The fourth-order valence-corrected chi connectivity index (χ4v) is 0.581. The van der Waals surface area contributed by atoms with Crippen LogP contribution in [-0.4, -0.2) is 6.67 Å². The molecule has 11 heavy (non-hydrogen) atoms. The molecule has 0 amide bonds. The molecule has 0 aromatic heterocycles. The van der Waals surface area contributed by atoms with Crippen LogP contribution >= 0.6 is 0 Å². The zero-order valence-electron chi connectivity index (χ0n) is 6.26. The van der Waals surface area contributed by atoms with Gasteiger partial charge in [-0.15, -0.1) is 0 Å². The summed E-state index contributed by atoms with van der Waals surface area (Å²) in [5.74, 6) is 0. The van der Waals surface area contributed by atoms with Gasteiger partial charge in [0.1, 0.15) is 6.67 Å². The summed E-state index contributed by atoms with van der Waals surface area (Å²) in [5.41, 5.74) is 0.690. The molecule has 58 valence electrons. The first kappa shape index (κ1) is 9.64. The maximum absolute atomic E-state index is 11.7. The molecule has 0 aromatic carbocycles. The quantitative estimate of drug-likeness (QED) is 0.566. The summed E-state index contributed by atoms with van der Waals surface area (Å²) in [7, 11) is 0. The zero-order chi connectivity index (χ0) is 8.53. The molecule has 0 N–H and O–H groups in total. The average Bonchev–Trinajstić information content (AvgIpc) is 2.01. The lowest BCUT2D eigenvalue weighted by atomic mass is 10.2. The molecule has 1 nitrogen and oxygen atoms in total. The predicted octanol–water partition coefficient (Wildman–Crippen LogP) is 2.54. The summed E-state index contributed by atoms with van der Waals surface area (Å²) in [6, 6.07) is 1.94. The largest absolute Gasteiger partial charge is 0.247 e. The molecule has 0 radical (unpaired) electrons. The average molecular weight is 151 g/mol. The van der Waals surface area contributed by atoms with Gasteiger partial charge in [-0.3, -0.25) is 0 Å². The van der Waals surface area contributed by atoms with Crippen molar-refractivity contribution in [1.82, 2.24) is 0 Å². The first-order valence-corrected chi connectivity index (χ1v) is 3.26. The minimum Gasteiger partial charge on any atom is -0.247 e. The third-order valence-electron chi connectivity index (χ3n) is 1.07. The van der Waals surface area contributed by atoms with Crippen molar-refractivity contribution in [1.29, 1.82) is 5.26 Å². The number of nitriles is 1. The molecule has 0 aliphatic heterocycles. The molecule has 0 rings (SSSR count). The highest BCUT2D eigenvalue weighted by atomic mass is 19.1. The van der Waals surface area contributed by atoms with E-state index >= 15 is 0 Å². The van der Waals surface area contributed by atoms with Crippen molar-refractivity contribution < 1.29 is 4.39 Å². The Labute approximate surface area is 66.1 Å². The van der Waals surface area contributed by atoms with Crippen molar-refractivity contribution in [3.63, 3.8) is 0 Å². The maximum Gasteiger partial charge on any atom is 0.108 e. The van der Waals surface area contributed by atoms with E-state index in [1.54, 1.807) is 18.2 Å². The van der Waals surface area contributed by atoms with Gasteiger partial charge in [0.25, 0.3) is 0 Å². The molecule has 2 heteroatoms. The van der Waals surface area contributed by atoms with Crippen LogP contribution in [0.4, 0.5) is 4.39 Å². The third-order valence-corrected chi connectivity index (χ3v) is 1.07. The number of hydrogen-bond donors (Lipinski definition) is 0. The normalized spacial score (nSPS) is 11.5. The van der Waals surface area contributed by atoms with Gasteiger partial charge in [-0.25, -0.2) is 4.39 Å². The van der Waals surface area contributed by atoms with Crippen molar-refractivity contribution in [2.75, 3.05) is 6.67 Å². The van der Waals surface area contributed by atoms with Gasteiger partial charge >= 0.3 is 0 Å². The number of alkyl halides is 1.